The first-order valence-corrected chi connectivity index (χ1v) is 6.81. The first kappa shape index (κ1) is 9.85. The highest BCUT2D eigenvalue weighted by atomic mass is 32.2. The fraction of sp³-hybridized carbons (Fsp3) is 1.00. The van der Waals surface area contributed by atoms with Crippen LogP contribution in [0.5, 0.6) is 0 Å². The Morgan fingerprint density at radius 2 is 2.00 bits per heavy atom. The van der Waals surface area contributed by atoms with Crippen LogP contribution in [0.4, 0.5) is 0 Å². The Morgan fingerprint density at radius 1 is 1.23 bits per heavy atom. The minimum atomic E-state index is 0.547. The molecule has 1 saturated heterocycles. The molecule has 2 aliphatic rings. The third kappa shape index (κ3) is 1.89. The second-order valence-corrected chi connectivity index (χ2v) is 5.81. The van der Waals surface area contributed by atoms with Crippen LogP contribution in [0.1, 0.15) is 38.5 Å². The van der Waals surface area contributed by atoms with Crippen LogP contribution in [0.15, 0.2) is 0 Å². The smallest absolute Gasteiger partial charge is 0.000424 e. The minimum Gasteiger partial charge on any atom is -0.330 e. The molecule has 0 aromatic heterocycles. The zero-order chi connectivity index (χ0) is 9.15. The van der Waals surface area contributed by atoms with Crippen LogP contribution in [-0.4, -0.2) is 18.1 Å². The monoisotopic (exact) mass is 199 g/mol. The van der Waals surface area contributed by atoms with Gasteiger partial charge in [-0.3, -0.25) is 0 Å². The molecule has 2 fully saturated rings. The van der Waals surface area contributed by atoms with Gasteiger partial charge in [0.25, 0.3) is 0 Å². The molecule has 0 aromatic rings. The van der Waals surface area contributed by atoms with Crippen molar-refractivity contribution < 1.29 is 0 Å². The predicted molar refractivity (Wildman–Crippen MR) is 60.0 cm³/mol. The SMILES string of the molecule is NCC1(C2CCCCC2)CCSC1. The van der Waals surface area contributed by atoms with Gasteiger partial charge in [0.05, 0.1) is 0 Å². The first-order valence-electron chi connectivity index (χ1n) is 5.65. The Morgan fingerprint density at radius 3 is 2.54 bits per heavy atom. The molecule has 1 aliphatic carbocycles. The summed E-state index contributed by atoms with van der Waals surface area (Å²) in [5.74, 6) is 3.66. The lowest BCUT2D eigenvalue weighted by atomic mass is 9.68. The van der Waals surface area contributed by atoms with E-state index in [0.717, 1.165) is 12.5 Å². The van der Waals surface area contributed by atoms with Crippen molar-refractivity contribution in [3.8, 4) is 0 Å². The van der Waals surface area contributed by atoms with Crippen molar-refractivity contribution in [3.05, 3.63) is 0 Å². The highest BCUT2D eigenvalue weighted by Crippen LogP contribution is 2.47. The van der Waals surface area contributed by atoms with Crippen LogP contribution in [0.2, 0.25) is 0 Å². The maximum atomic E-state index is 5.99. The molecule has 0 spiro atoms. The zero-order valence-electron chi connectivity index (χ0n) is 8.43. The summed E-state index contributed by atoms with van der Waals surface area (Å²) in [6, 6.07) is 0. The number of hydrogen-bond acceptors (Lipinski definition) is 2. The first-order chi connectivity index (χ1) is 6.37. The lowest BCUT2D eigenvalue weighted by Crippen LogP contribution is -2.39. The molecule has 0 bridgehead atoms. The lowest BCUT2D eigenvalue weighted by Gasteiger charge is -2.38. The maximum absolute atomic E-state index is 5.99. The molecule has 1 atom stereocenters. The third-order valence-corrected chi connectivity index (χ3v) is 5.28. The molecule has 1 aliphatic heterocycles. The van der Waals surface area contributed by atoms with Crippen LogP contribution in [0.25, 0.3) is 0 Å². The molecule has 76 valence electrons. The van der Waals surface area contributed by atoms with Gasteiger partial charge in [0.2, 0.25) is 0 Å². The van der Waals surface area contributed by atoms with Gasteiger partial charge in [-0.05, 0) is 42.9 Å². The summed E-state index contributed by atoms with van der Waals surface area (Å²) in [6.45, 7) is 0.935. The number of thioether (sulfide) groups is 1. The van der Waals surface area contributed by atoms with E-state index in [1.165, 1.54) is 50.0 Å². The molecular formula is C11H21NS. The summed E-state index contributed by atoms with van der Waals surface area (Å²) in [5, 5.41) is 0. The summed E-state index contributed by atoms with van der Waals surface area (Å²) < 4.78 is 0. The molecule has 0 amide bonds. The van der Waals surface area contributed by atoms with E-state index in [1.54, 1.807) is 0 Å². The van der Waals surface area contributed by atoms with E-state index in [2.05, 4.69) is 11.8 Å². The van der Waals surface area contributed by atoms with E-state index in [1.807, 2.05) is 0 Å². The second-order valence-electron chi connectivity index (χ2n) is 4.70. The van der Waals surface area contributed by atoms with Gasteiger partial charge >= 0.3 is 0 Å². The average molecular weight is 199 g/mol. The van der Waals surface area contributed by atoms with E-state index in [-0.39, 0.29) is 0 Å². The molecule has 0 radical (unpaired) electrons. The Hall–Kier alpha value is 0.310. The van der Waals surface area contributed by atoms with Gasteiger partial charge in [0.1, 0.15) is 0 Å². The topological polar surface area (TPSA) is 26.0 Å². The van der Waals surface area contributed by atoms with Gasteiger partial charge in [0, 0.05) is 5.75 Å². The zero-order valence-corrected chi connectivity index (χ0v) is 9.24. The fourth-order valence-corrected chi connectivity index (χ4v) is 4.59. The van der Waals surface area contributed by atoms with E-state index >= 15 is 0 Å². The van der Waals surface area contributed by atoms with Gasteiger partial charge in [-0.15, -0.1) is 0 Å². The van der Waals surface area contributed by atoms with Crippen molar-refractivity contribution >= 4 is 11.8 Å². The average Bonchev–Trinajstić information content (AvgIpc) is 2.69. The van der Waals surface area contributed by atoms with Crippen molar-refractivity contribution in [3.63, 3.8) is 0 Å². The Labute approximate surface area is 85.8 Å². The summed E-state index contributed by atoms with van der Waals surface area (Å²) >= 11 is 2.12. The van der Waals surface area contributed by atoms with Crippen molar-refractivity contribution in [1.82, 2.24) is 0 Å². The third-order valence-electron chi connectivity index (χ3n) is 4.01. The van der Waals surface area contributed by atoms with Crippen LogP contribution in [0.3, 0.4) is 0 Å². The number of rotatable bonds is 2. The molecule has 0 aromatic carbocycles. The van der Waals surface area contributed by atoms with E-state index in [4.69, 9.17) is 5.73 Å². The summed E-state index contributed by atoms with van der Waals surface area (Å²) in [4.78, 5) is 0. The fourth-order valence-electron chi connectivity index (χ4n) is 2.99. The molecule has 1 heterocycles. The van der Waals surface area contributed by atoms with E-state index in [9.17, 15) is 0 Å². The summed E-state index contributed by atoms with van der Waals surface area (Å²) in [7, 11) is 0. The van der Waals surface area contributed by atoms with Gasteiger partial charge in [-0.1, -0.05) is 19.3 Å². The van der Waals surface area contributed by atoms with Crippen LogP contribution < -0.4 is 5.73 Å². The van der Waals surface area contributed by atoms with Gasteiger partial charge in [-0.2, -0.15) is 11.8 Å². The van der Waals surface area contributed by atoms with Crippen molar-refractivity contribution in [1.29, 1.82) is 0 Å². The number of hydrogen-bond donors (Lipinski definition) is 1. The summed E-state index contributed by atoms with van der Waals surface area (Å²) in [5.41, 5.74) is 6.53. The molecule has 1 nitrogen and oxygen atoms in total. The Balaban J connectivity index is 2.01. The Kier molecular flexibility index (Phi) is 3.20. The molecule has 2 N–H and O–H groups in total. The van der Waals surface area contributed by atoms with E-state index in [0.29, 0.717) is 5.41 Å². The second kappa shape index (κ2) is 4.22. The van der Waals surface area contributed by atoms with Crippen molar-refractivity contribution in [2.75, 3.05) is 18.1 Å². The summed E-state index contributed by atoms with van der Waals surface area (Å²) in [6.07, 6.45) is 8.67. The van der Waals surface area contributed by atoms with Crippen LogP contribution in [-0.2, 0) is 0 Å². The van der Waals surface area contributed by atoms with Gasteiger partial charge in [-0.25, -0.2) is 0 Å². The highest BCUT2D eigenvalue weighted by molar-refractivity contribution is 7.99. The Bertz CT molecular complexity index is 157. The lowest BCUT2D eigenvalue weighted by molar-refractivity contribution is 0.153. The van der Waals surface area contributed by atoms with Crippen molar-refractivity contribution in [2.45, 2.75) is 38.5 Å². The molecule has 2 heteroatoms. The minimum absolute atomic E-state index is 0.547. The predicted octanol–water partition coefficient (Wildman–Crippen LogP) is 2.65. The maximum Gasteiger partial charge on any atom is 0.000424 e. The molecule has 1 unspecified atom stereocenters. The van der Waals surface area contributed by atoms with Crippen LogP contribution in [0, 0.1) is 11.3 Å². The van der Waals surface area contributed by atoms with Gasteiger partial charge < -0.3 is 5.73 Å². The molecular weight excluding hydrogens is 178 g/mol. The molecule has 1 saturated carbocycles. The molecule has 2 rings (SSSR count). The molecule has 13 heavy (non-hydrogen) atoms. The quantitative estimate of drug-likeness (QED) is 0.740. The van der Waals surface area contributed by atoms with E-state index < -0.39 is 0 Å². The highest BCUT2D eigenvalue weighted by Gasteiger charge is 2.40. The number of nitrogens with two attached hydrogens (primary N) is 1. The normalized spacial score (nSPS) is 36.7. The van der Waals surface area contributed by atoms with Crippen molar-refractivity contribution in [2.24, 2.45) is 17.1 Å². The standard InChI is InChI=1S/C11H21NS/c12-8-11(6-7-13-9-11)10-4-2-1-3-5-10/h10H,1-9,12H2. The van der Waals surface area contributed by atoms with Crippen LogP contribution >= 0.6 is 11.8 Å². The largest absolute Gasteiger partial charge is 0.330 e. The van der Waals surface area contributed by atoms with Gasteiger partial charge in [0.15, 0.2) is 0 Å².